The van der Waals surface area contributed by atoms with Gasteiger partial charge in [-0.3, -0.25) is 4.79 Å². The highest BCUT2D eigenvalue weighted by Crippen LogP contribution is 2.44. The molecule has 2 N–H and O–H groups in total. The highest BCUT2D eigenvalue weighted by atomic mass is 35.5. The molecule has 194 valence electrons. The summed E-state index contributed by atoms with van der Waals surface area (Å²) in [6.07, 6.45) is 4.86. The van der Waals surface area contributed by atoms with E-state index in [2.05, 4.69) is 10.3 Å². The number of benzene rings is 1. The predicted molar refractivity (Wildman–Crippen MR) is 139 cm³/mol. The van der Waals surface area contributed by atoms with Gasteiger partial charge in [0.1, 0.15) is 11.1 Å². The van der Waals surface area contributed by atoms with Crippen molar-refractivity contribution in [1.82, 2.24) is 19.6 Å². The van der Waals surface area contributed by atoms with Crippen LogP contribution in [0.5, 0.6) is 5.88 Å². The lowest BCUT2D eigenvalue weighted by Crippen LogP contribution is -2.40. The second kappa shape index (κ2) is 10.0. The molecule has 2 unspecified atom stereocenters. The van der Waals surface area contributed by atoms with Gasteiger partial charge in [-0.05, 0) is 49.7 Å². The molecule has 0 spiro atoms. The van der Waals surface area contributed by atoms with E-state index in [1.165, 1.54) is 17.9 Å². The summed E-state index contributed by atoms with van der Waals surface area (Å²) >= 11 is 6.34. The van der Waals surface area contributed by atoms with Crippen LogP contribution in [0, 0.1) is 5.92 Å². The summed E-state index contributed by atoms with van der Waals surface area (Å²) in [5.74, 6) is -1.16. The van der Waals surface area contributed by atoms with Crippen molar-refractivity contribution in [3.8, 4) is 17.0 Å². The Balaban J connectivity index is 2.17. The van der Waals surface area contributed by atoms with Gasteiger partial charge >= 0.3 is 0 Å². The fraction of sp³-hybridized carbons (Fsp3) is 0.391. The van der Waals surface area contributed by atoms with Crippen molar-refractivity contribution >= 4 is 48.3 Å². The van der Waals surface area contributed by atoms with Gasteiger partial charge in [0.25, 0.3) is 5.91 Å². The molecule has 1 fully saturated rings. The molecule has 1 aliphatic rings. The van der Waals surface area contributed by atoms with E-state index in [0.29, 0.717) is 34.5 Å². The van der Waals surface area contributed by atoms with Crippen LogP contribution < -0.4 is 14.8 Å². The largest absolute Gasteiger partial charge is 0.481 e. The zero-order valence-corrected chi connectivity index (χ0v) is 22.4. The molecule has 1 aliphatic heterocycles. The minimum Gasteiger partial charge on any atom is -0.481 e. The molecule has 4 rings (SSSR count). The molecule has 3 heterocycles. The number of amides is 1. The molecular formula is C23H27ClN4O6S2. The van der Waals surface area contributed by atoms with Crippen LogP contribution in [-0.2, 0) is 19.9 Å². The lowest BCUT2D eigenvalue weighted by molar-refractivity contribution is 0.0972. The van der Waals surface area contributed by atoms with E-state index in [9.17, 15) is 21.6 Å². The molecule has 3 aromatic rings. The van der Waals surface area contributed by atoms with Gasteiger partial charge in [0.15, 0.2) is 9.84 Å². The third kappa shape index (κ3) is 5.22. The first-order valence-corrected chi connectivity index (χ1v) is 15.4. The standard InChI is InChI=1S/C23H27ClN4O6S2/c1-34-22-16(7-5-11-26-22)19-17-12-15(24)8-9-18(17)28(20(19)21(29)27-36(3,32)33)23(35(2,30)31)14-6-4-10-25-13-14/h5,7-9,11-12,14,23,25H,4,6,10,13H2,1-3H3,(H,27,29). The molecule has 1 saturated heterocycles. The summed E-state index contributed by atoms with van der Waals surface area (Å²) in [5, 5.41) is 2.90. The molecule has 36 heavy (non-hydrogen) atoms. The SMILES string of the molecule is COc1ncccc1-c1c(C(=O)NS(C)(=O)=O)n(C(C2CCCNC2)S(C)(=O)=O)c2ccc(Cl)cc12. The quantitative estimate of drug-likeness (QED) is 0.455. The third-order valence-corrected chi connectivity index (χ3v) is 8.39. The number of pyridine rings is 1. The first-order valence-electron chi connectivity index (χ1n) is 11.2. The number of piperidine rings is 1. The highest BCUT2D eigenvalue weighted by molar-refractivity contribution is 7.90. The number of sulfone groups is 1. The average Bonchev–Trinajstić information content (AvgIpc) is 3.11. The highest BCUT2D eigenvalue weighted by Gasteiger charge is 2.39. The topological polar surface area (TPSA) is 136 Å². The lowest BCUT2D eigenvalue weighted by Gasteiger charge is -2.32. The fourth-order valence-corrected chi connectivity index (χ4v) is 7.02. The van der Waals surface area contributed by atoms with Crippen LogP contribution in [0.15, 0.2) is 36.5 Å². The van der Waals surface area contributed by atoms with E-state index in [1.807, 2.05) is 4.72 Å². The molecule has 13 heteroatoms. The Bertz CT molecular complexity index is 1530. The van der Waals surface area contributed by atoms with Crippen LogP contribution in [0.1, 0.15) is 28.7 Å². The Morgan fingerprint density at radius 3 is 2.61 bits per heavy atom. The summed E-state index contributed by atoms with van der Waals surface area (Å²) < 4.78 is 59.7. The van der Waals surface area contributed by atoms with Crippen molar-refractivity contribution < 1.29 is 26.4 Å². The van der Waals surface area contributed by atoms with Gasteiger partial charge in [-0.2, -0.15) is 0 Å². The first kappa shape index (κ1) is 26.4. The fourth-order valence-electron chi connectivity index (χ4n) is 4.88. The van der Waals surface area contributed by atoms with Crippen LogP contribution in [0.2, 0.25) is 5.02 Å². The number of nitrogens with one attached hydrogen (secondary N) is 2. The van der Waals surface area contributed by atoms with E-state index in [4.69, 9.17) is 16.3 Å². The van der Waals surface area contributed by atoms with E-state index in [-0.39, 0.29) is 23.1 Å². The molecule has 2 aromatic heterocycles. The Morgan fingerprint density at radius 2 is 2.00 bits per heavy atom. The van der Waals surface area contributed by atoms with Gasteiger partial charge in [-0.25, -0.2) is 26.5 Å². The van der Waals surface area contributed by atoms with Gasteiger partial charge < -0.3 is 14.6 Å². The van der Waals surface area contributed by atoms with Crippen molar-refractivity contribution in [2.75, 3.05) is 32.7 Å². The summed E-state index contributed by atoms with van der Waals surface area (Å²) in [6, 6.07) is 8.16. The summed E-state index contributed by atoms with van der Waals surface area (Å²) in [4.78, 5) is 17.9. The number of carbonyl (C=O) groups excluding carboxylic acids is 1. The maximum Gasteiger partial charge on any atom is 0.282 e. The number of halogens is 1. The van der Waals surface area contributed by atoms with Crippen LogP contribution in [0.3, 0.4) is 0 Å². The maximum atomic E-state index is 13.6. The van der Waals surface area contributed by atoms with Crippen molar-refractivity contribution in [3.05, 3.63) is 47.2 Å². The van der Waals surface area contributed by atoms with Crippen molar-refractivity contribution in [1.29, 1.82) is 0 Å². The number of ether oxygens (including phenoxy) is 1. The van der Waals surface area contributed by atoms with Gasteiger partial charge in [0.2, 0.25) is 15.9 Å². The first-order chi connectivity index (χ1) is 16.9. The molecule has 10 nitrogen and oxygen atoms in total. The van der Waals surface area contributed by atoms with E-state index in [1.54, 1.807) is 30.3 Å². The number of nitrogens with zero attached hydrogens (tertiary/aromatic N) is 2. The Morgan fingerprint density at radius 1 is 1.25 bits per heavy atom. The van der Waals surface area contributed by atoms with Crippen molar-refractivity contribution in [2.24, 2.45) is 5.92 Å². The minimum absolute atomic E-state index is 0.134. The molecule has 0 radical (unpaired) electrons. The number of aromatic nitrogens is 2. The average molecular weight is 555 g/mol. The van der Waals surface area contributed by atoms with E-state index < -0.39 is 31.1 Å². The molecular weight excluding hydrogens is 528 g/mol. The lowest BCUT2D eigenvalue weighted by atomic mass is 9.99. The number of hydrogen-bond acceptors (Lipinski definition) is 8. The van der Waals surface area contributed by atoms with Gasteiger partial charge in [-0.1, -0.05) is 11.6 Å². The monoisotopic (exact) mass is 554 g/mol. The second-order valence-electron chi connectivity index (χ2n) is 8.85. The summed E-state index contributed by atoms with van der Waals surface area (Å²) in [6.45, 7) is 1.18. The van der Waals surface area contributed by atoms with Crippen molar-refractivity contribution in [2.45, 2.75) is 18.2 Å². The molecule has 1 amide bonds. The summed E-state index contributed by atoms with van der Waals surface area (Å²) in [5.41, 5.74) is 0.944. The maximum absolute atomic E-state index is 13.6. The third-order valence-electron chi connectivity index (χ3n) is 6.12. The summed E-state index contributed by atoms with van der Waals surface area (Å²) in [7, 11) is -6.35. The number of sulfonamides is 1. The number of hydrogen-bond donors (Lipinski definition) is 2. The Labute approximate surface area is 215 Å². The van der Waals surface area contributed by atoms with Crippen LogP contribution in [-0.4, -0.2) is 65.0 Å². The normalized spacial score (nSPS) is 17.6. The number of rotatable bonds is 7. The Hall–Kier alpha value is -2.67. The van der Waals surface area contributed by atoms with Crippen LogP contribution in [0.25, 0.3) is 22.0 Å². The van der Waals surface area contributed by atoms with Crippen molar-refractivity contribution in [3.63, 3.8) is 0 Å². The van der Waals surface area contributed by atoms with Gasteiger partial charge in [-0.15, -0.1) is 0 Å². The molecule has 0 saturated carbocycles. The molecule has 1 aromatic carbocycles. The van der Waals surface area contributed by atoms with E-state index >= 15 is 0 Å². The van der Waals surface area contributed by atoms with Gasteiger partial charge in [0, 0.05) is 46.5 Å². The second-order valence-corrected chi connectivity index (χ2v) is 13.2. The van der Waals surface area contributed by atoms with E-state index in [0.717, 1.165) is 25.5 Å². The van der Waals surface area contributed by atoms with Gasteiger partial charge in [0.05, 0.1) is 18.9 Å². The number of carbonyl (C=O) groups is 1. The number of methoxy groups -OCH3 is 1. The Kier molecular flexibility index (Phi) is 7.33. The smallest absolute Gasteiger partial charge is 0.282 e. The molecule has 0 aliphatic carbocycles. The zero-order valence-electron chi connectivity index (χ0n) is 20.0. The predicted octanol–water partition coefficient (Wildman–Crippen LogP) is 2.60. The van der Waals surface area contributed by atoms with Crippen LogP contribution >= 0.6 is 11.6 Å². The van der Waals surface area contributed by atoms with Crippen LogP contribution in [0.4, 0.5) is 0 Å². The minimum atomic E-state index is -3.98. The molecule has 0 bridgehead atoms. The number of fused-ring (bicyclic) bond motifs is 1. The molecule has 2 atom stereocenters. The zero-order chi connectivity index (χ0) is 26.3.